The lowest BCUT2D eigenvalue weighted by Gasteiger charge is -2.30. The number of benzene rings is 2. The van der Waals surface area contributed by atoms with Crippen LogP contribution in [0.25, 0.3) is 0 Å². The standard InChI is InChI=1S/C22H23F2NO5S/c1-14-3-4-15(2)18(11-14)21(26)13-30-22(27)16-7-9-25(10-8-16)31(28,29)17-5-6-19(23)20(24)12-17/h3-6,11-12,16H,7-10,13H2,1-2H3. The normalized spacial score (nSPS) is 15.6. The molecule has 1 heterocycles. The van der Waals surface area contributed by atoms with Gasteiger partial charge in [-0.25, -0.2) is 17.2 Å². The molecule has 9 heteroatoms. The highest BCUT2D eigenvalue weighted by Gasteiger charge is 2.33. The monoisotopic (exact) mass is 451 g/mol. The maximum atomic E-state index is 13.4. The van der Waals surface area contributed by atoms with Crippen molar-refractivity contribution in [3.63, 3.8) is 0 Å². The summed E-state index contributed by atoms with van der Waals surface area (Å²) in [5, 5.41) is 0. The van der Waals surface area contributed by atoms with E-state index in [-0.39, 0.29) is 43.2 Å². The van der Waals surface area contributed by atoms with Crippen LogP contribution in [0.2, 0.25) is 0 Å². The molecule has 0 bridgehead atoms. The maximum absolute atomic E-state index is 13.4. The fourth-order valence-corrected chi connectivity index (χ4v) is 4.97. The fourth-order valence-electron chi connectivity index (χ4n) is 3.49. The van der Waals surface area contributed by atoms with E-state index < -0.39 is 33.5 Å². The summed E-state index contributed by atoms with van der Waals surface area (Å²) in [5.74, 6) is -3.76. The predicted octanol–water partition coefficient (Wildman–Crippen LogP) is 3.41. The lowest BCUT2D eigenvalue weighted by molar-refractivity contribution is -0.148. The molecule has 0 atom stereocenters. The van der Waals surface area contributed by atoms with E-state index in [9.17, 15) is 26.8 Å². The molecule has 0 spiro atoms. The fraction of sp³-hybridized carbons (Fsp3) is 0.364. The summed E-state index contributed by atoms with van der Waals surface area (Å²) in [6, 6.07) is 7.87. The molecule has 166 valence electrons. The summed E-state index contributed by atoms with van der Waals surface area (Å²) in [7, 11) is -4.00. The first-order valence-electron chi connectivity index (χ1n) is 9.82. The van der Waals surface area contributed by atoms with Crippen LogP contribution in [-0.2, 0) is 19.6 Å². The number of rotatable bonds is 6. The Labute approximate surface area is 179 Å². The van der Waals surface area contributed by atoms with Crippen LogP contribution in [0, 0.1) is 31.4 Å². The second-order valence-electron chi connectivity index (χ2n) is 7.60. The molecule has 2 aromatic carbocycles. The number of Topliss-reactive ketones (excluding diaryl/α,β-unsaturated/α-hetero) is 1. The molecule has 1 saturated heterocycles. The van der Waals surface area contributed by atoms with Crippen LogP contribution in [-0.4, -0.2) is 44.2 Å². The summed E-state index contributed by atoms with van der Waals surface area (Å²) in [4.78, 5) is 24.4. The average molecular weight is 451 g/mol. The van der Waals surface area contributed by atoms with Gasteiger partial charge in [-0.2, -0.15) is 4.31 Å². The largest absolute Gasteiger partial charge is 0.457 e. The number of sulfonamides is 1. The number of nitrogens with zero attached hydrogens (tertiary/aromatic N) is 1. The number of hydrogen-bond acceptors (Lipinski definition) is 5. The third-order valence-corrected chi connectivity index (χ3v) is 7.25. The molecule has 0 amide bonds. The SMILES string of the molecule is Cc1ccc(C)c(C(=O)COC(=O)C2CCN(S(=O)(=O)c3ccc(F)c(F)c3)CC2)c1. The highest BCUT2D eigenvalue weighted by Crippen LogP contribution is 2.25. The van der Waals surface area contributed by atoms with Gasteiger partial charge < -0.3 is 4.74 Å². The minimum absolute atomic E-state index is 0.0338. The molecular formula is C22H23F2NO5S. The van der Waals surface area contributed by atoms with Gasteiger partial charge in [-0.1, -0.05) is 17.7 Å². The lowest BCUT2D eigenvalue weighted by Crippen LogP contribution is -2.40. The van der Waals surface area contributed by atoms with Crippen molar-refractivity contribution in [2.24, 2.45) is 5.92 Å². The first kappa shape index (κ1) is 23.0. The molecule has 1 fully saturated rings. The smallest absolute Gasteiger partial charge is 0.309 e. The van der Waals surface area contributed by atoms with Crippen LogP contribution in [0.1, 0.15) is 34.3 Å². The first-order valence-corrected chi connectivity index (χ1v) is 11.3. The molecule has 0 N–H and O–H groups in total. The van der Waals surface area contributed by atoms with Crippen molar-refractivity contribution >= 4 is 21.8 Å². The van der Waals surface area contributed by atoms with Gasteiger partial charge in [0.05, 0.1) is 10.8 Å². The zero-order valence-corrected chi connectivity index (χ0v) is 18.0. The first-order chi connectivity index (χ1) is 14.6. The second-order valence-corrected chi connectivity index (χ2v) is 9.54. The van der Waals surface area contributed by atoms with Crippen LogP contribution in [0.3, 0.4) is 0 Å². The van der Waals surface area contributed by atoms with Gasteiger partial charge in [-0.05, 0) is 56.5 Å². The Morgan fingerprint density at radius 2 is 1.71 bits per heavy atom. The molecule has 1 aliphatic rings. The van der Waals surface area contributed by atoms with Crippen molar-refractivity contribution in [2.45, 2.75) is 31.6 Å². The zero-order chi connectivity index (χ0) is 22.8. The van der Waals surface area contributed by atoms with E-state index >= 15 is 0 Å². The highest BCUT2D eigenvalue weighted by molar-refractivity contribution is 7.89. The molecule has 6 nitrogen and oxygen atoms in total. The molecule has 0 radical (unpaired) electrons. The Morgan fingerprint density at radius 3 is 2.35 bits per heavy atom. The van der Waals surface area contributed by atoms with Crippen LogP contribution in [0.4, 0.5) is 8.78 Å². The molecule has 0 aromatic heterocycles. The van der Waals surface area contributed by atoms with E-state index in [4.69, 9.17) is 4.74 Å². The molecule has 0 saturated carbocycles. The Balaban J connectivity index is 1.56. The average Bonchev–Trinajstić information content (AvgIpc) is 2.75. The number of halogens is 2. The van der Waals surface area contributed by atoms with Crippen molar-refractivity contribution in [3.05, 3.63) is 64.7 Å². The Morgan fingerprint density at radius 1 is 1.03 bits per heavy atom. The van der Waals surface area contributed by atoms with Gasteiger partial charge in [-0.15, -0.1) is 0 Å². The molecule has 3 rings (SSSR count). The summed E-state index contributed by atoms with van der Waals surface area (Å²) < 4.78 is 58.1. The van der Waals surface area contributed by atoms with Crippen molar-refractivity contribution in [1.82, 2.24) is 4.31 Å². The van der Waals surface area contributed by atoms with Crippen molar-refractivity contribution < 1.29 is 31.5 Å². The molecular weight excluding hydrogens is 428 g/mol. The van der Waals surface area contributed by atoms with Gasteiger partial charge >= 0.3 is 5.97 Å². The molecule has 0 aliphatic carbocycles. The van der Waals surface area contributed by atoms with E-state index in [1.165, 1.54) is 0 Å². The van der Waals surface area contributed by atoms with Crippen LogP contribution in [0.5, 0.6) is 0 Å². The van der Waals surface area contributed by atoms with E-state index in [2.05, 4.69) is 0 Å². The molecule has 1 aliphatic heterocycles. The number of esters is 1. The molecule has 31 heavy (non-hydrogen) atoms. The van der Waals surface area contributed by atoms with Crippen LogP contribution in [0.15, 0.2) is 41.3 Å². The summed E-state index contributed by atoms with van der Waals surface area (Å²) in [6.45, 7) is 3.36. The Kier molecular flexibility index (Phi) is 6.86. The minimum Gasteiger partial charge on any atom is -0.457 e. The van der Waals surface area contributed by atoms with E-state index in [0.29, 0.717) is 11.6 Å². The number of ketones is 1. The van der Waals surface area contributed by atoms with Crippen molar-refractivity contribution in [2.75, 3.05) is 19.7 Å². The number of ether oxygens (including phenoxy) is 1. The van der Waals surface area contributed by atoms with Gasteiger partial charge in [-0.3, -0.25) is 9.59 Å². The van der Waals surface area contributed by atoms with Gasteiger partial charge in [0.25, 0.3) is 0 Å². The van der Waals surface area contributed by atoms with E-state index in [0.717, 1.165) is 27.6 Å². The van der Waals surface area contributed by atoms with Crippen LogP contribution < -0.4 is 0 Å². The number of carbonyl (C=O) groups excluding carboxylic acids is 2. The maximum Gasteiger partial charge on any atom is 0.309 e. The predicted molar refractivity (Wildman–Crippen MR) is 109 cm³/mol. The van der Waals surface area contributed by atoms with E-state index in [1.54, 1.807) is 13.0 Å². The Hall–Kier alpha value is -2.65. The van der Waals surface area contributed by atoms with Gasteiger partial charge in [0.1, 0.15) is 0 Å². The number of aryl methyl sites for hydroxylation is 2. The van der Waals surface area contributed by atoms with Crippen molar-refractivity contribution in [1.29, 1.82) is 0 Å². The third kappa shape index (κ3) is 5.16. The lowest BCUT2D eigenvalue weighted by atomic mass is 9.98. The quantitative estimate of drug-likeness (QED) is 0.497. The van der Waals surface area contributed by atoms with Gasteiger partial charge in [0.15, 0.2) is 18.2 Å². The van der Waals surface area contributed by atoms with Crippen LogP contribution >= 0.6 is 0 Å². The van der Waals surface area contributed by atoms with Gasteiger partial charge in [0, 0.05) is 18.7 Å². The third-order valence-electron chi connectivity index (χ3n) is 5.36. The topological polar surface area (TPSA) is 80.8 Å². The van der Waals surface area contributed by atoms with Crippen molar-refractivity contribution in [3.8, 4) is 0 Å². The Bertz CT molecular complexity index is 1110. The van der Waals surface area contributed by atoms with Gasteiger partial charge in [0.2, 0.25) is 15.8 Å². The number of piperidine rings is 1. The zero-order valence-electron chi connectivity index (χ0n) is 17.2. The van der Waals surface area contributed by atoms with E-state index in [1.807, 2.05) is 19.1 Å². The minimum atomic E-state index is -4.00. The molecule has 2 aromatic rings. The molecule has 0 unspecified atom stereocenters. The number of hydrogen-bond donors (Lipinski definition) is 0. The number of carbonyl (C=O) groups is 2. The second kappa shape index (κ2) is 9.23. The summed E-state index contributed by atoms with van der Waals surface area (Å²) in [6.07, 6.45) is 0.415. The summed E-state index contributed by atoms with van der Waals surface area (Å²) >= 11 is 0. The highest BCUT2D eigenvalue weighted by atomic mass is 32.2. The summed E-state index contributed by atoms with van der Waals surface area (Å²) in [5.41, 5.74) is 2.22.